The topological polar surface area (TPSA) is 127 Å². The highest BCUT2D eigenvalue weighted by Gasteiger charge is 2.25. The number of carbonyl (C=O) groups is 3. The molecule has 68 valence electrons. The van der Waals surface area contributed by atoms with E-state index in [0.29, 0.717) is 0 Å². The van der Waals surface area contributed by atoms with Gasteiger partial charge in [-0.3, -0.25) is 9.59 Å². The van der Waals surface area contributed by atoms with Crippen molar-refractivity contribution < 1.29 is 29.3 Å². The van der Waals surface area contributed by atoms with Crippen molar-refractivity contribution in [2.75, 3.05) is 6.54 Å². The van der Waals surface area contributed by atoms with Gasteiger partial charge in [-0.1, -0.05) is 0 Å². The van der Waals surface area contributed by atoms with Gasteiger partial charge in [-0.2, -0.15) is 0 Å². The van der Waals surface area contributed by atoms with Gasteiger partial charge in [0.15, 0.2) is 0 Å². The summed E-state index contributed by atoms with van der Waals surface area (Å²) in [5.41, 5.74) is 4.75. The second-order valence-electron chi connectivity index (χ2n) is 1.72. The van der Waals surface area contributed by atoms with Gasteiger partial charge in [0.1, 0.15) is 0 Å². The highest BCUT2D eigenvalue weighted by Crippen LogP contribution is 1.89. The molecule has 0 saturated heterocycles. The predicted octanol–water partition coefficient (Wildman–Crippen LogP) is -2.54. The van der Waals surface area contributed by atoms with Crippen molar-refractivity contribution in [3.05, 3.63) is 0 Å². The maximum absolute atomic E-state index is 10.3. The molecule has 4 N–H and O–H groups in total. The van der Waals surface area contributed by atoms with Crippen LogP contribution in [0.2, 0.25) is 0 Å². The van der Waals surface area contributed by atoms with E-state index in [9.17, 15) is 14.4 Å². The Kier molecular flexibility index (Phi) is 3.88. The lowest BCUT2D eigenvalue weighted by molar-refractivity contribution is -0.178. The molecule has 0 rings (SSSR count). The Morgan fingerprint density at radius 2 is 1.92 bits per heavy atom. The number of hydrogen-bond donors (Lipinski definition) is 3. The summed E-state index contributed by atoms with van der Waals surface area (Å²) in [7, 11) is 0. The van der Waals surface area contributed by atoms with Crippen LogP contribution in [0.3, 0.4) is 0 Å². The lowest BCUT2D eigenvalue weighted by Crippen LogP contribution is -2.34. The number of aliphatic hydroxyl groups excluding tert-OH is 1. The number of nitrogens with two attached hydrogens (primary N) is 1. The van der Waals surface area contributed by atoms with Crippen LogP contribution in [0.5, 0.6) is 0 Å². The number of ketones is 1. The van der Waals surface area contributed by atoms with Crippen LogP contribution in [-0.4, -0.2) is 40.8 Å². The molecule has 0 heterocycles. The number of carboxylic acid groups (broad SMARTS) is 1. The van der Waals surface area contributed by atoms with Crippen molar-refractivity contribution in [2.24, 2.45) is 5.73 Å². The molecule has 0 aromatic rings. The normalized spacial score (nSPS) is 11.8. The molecule has 1 unspecified atom stereocenters. The monoisotopic (exact) mass is 177 g/mol. The Morgan fingerprint density at radius 3 is 2.25 bits per heavy atom. The Hall–Kier alpha value is -1.47. The average Bonchev–Trinajstić information content (AvgIpc) is 2.02. The summed E-state index contributed by atoms with van der Waals surface area (Å²) in [6.45, 7) is -0.538. The Bertz CT molecular complexity index is 212. The van der Waals surface area contributed by atoms with Crippen LogP contribution in [0, 0.1) is 0 Å². The van der Waals surface area contributed by atoms with Crippen LogP contribution in [-0.2, 0) is 19.1 Å². The molecule has 0 aliphatic rings. The van der Waals surface area contributed by atoms with Crippen LogP contribution in [0.25, 0.3) is 0 Å². The Balaban J connectivity index is 4.04. The fourth-order valence-corrected chi connectivity index (χ4v) is 0.332. The number of carboxylic acids is 1. The highest BCUT2D eigenvalue weighted by molar-refractivity contribution is 6.34. The molecule has 0 fully saturated rings. The number of ether oxygens (including phenoxy) is 1. The van der Waals surface area contributed by atoms with E-state index in [2.05, 4.69) is 4.74 Å². The summed E-state index contributed by atoms with van der Waals surface area (Å²) in [4.78, 5) is 30.5. The minimum atomic E-state index is -2.28. The van der Waals surface area contributed by atoms with E-state index in [1.165, 1.54) is 0 Å². The van der Waals surface area contributed by atoms with Crippen molar-refractivity contribution in [3.63, 3.8) is 0 Å². The van der Waals surface area contributed by atoms with E-state index in [4.69, 9.17) is 15.9 Å². The molecule has 0 aromatic heterocycles. The molecule has 0 spiro atoms. The maximum Gasteiger partial charge on any atom is 0.379 e. The van der Waals surface area contributed by atoms with E-state index >= 15 is 0 Å². The summed E-state index contributed by atoms with van der Waals surface area (Å²) >= 11 is 0. The SMILES string of the molecule is NCC(=O)OC(O)C(=O)C(=O)O. The second-order valence-corrected chi connectivity index (χ2v) is 1.72. The van der Waals surface area contributed by atoms with Crippen LogP contribution < -0.4 is 5.73 Å². The van der Waals surface area contributed by atoms with Gasteiger partial charge in [-0.05, 0) is 0 Å². The first-order valence-electron chi connectivity index (χ1n) is 2.83. The number of aliphatic carboxylic acids is 1. The number of rotatable bonds is 4. The average molecular weight is 177 g/mol. The zero-order chi connectivity index (χ0) is 9.72. The molecule has 1 atom stereocenters. The molecule has 7 heteroatoms. The van der Waals surface area contributed by atoms with Crippen molar-refractivity contribution in [1.82, 2.24) is 0 Å². The molecule has 0 aliphatic heterocycles. The summed E-state index contributed by atoms with van der Waals surface area (Å²) in [6.07, 6.45) is -2.28. The summed E-state index contributed by atoms with van der Waals surface area (Å²) in [6, 6.07) is 0. The van der Waals surface area contributed by atoms with Crippen molar-refractivity contribution in [2.45, 2.75) is 6.29 Å². The van der Waals surface area contributed by atoms with E-state index < -0.39 is 30.6 Å². The molecule has 0 saturated carbocycles. The third-order valence-electron chi connectivity index (χ3n) is 0.845. The van der Waals surface area contributed by atoms with E-state index in [-0.39, 0.29) is 0 Å². The standard InChI is InChI=1S/C5H7NO6/c6-1-2(7)12-5(11)3(8)4(9)10/h5,11H,1,6H2,(H,9,10). The van der Waals surface area contributed by atoms with Crippen molar-refractivity contribution in [3.8, 4) is 0 Å². The first-order chi connectivity index (χ1) is 5.49. The smallest absolute Gasteiger partial charge is 0.379 e. The van der Waals surface area contributed by atoms with Gasteiger partial charge in [0.05, 0.1) is 6.54 Å². The van der Waals surface area contributed by atoms with Gasteiger partial charge in [-0.25, -0.2) is 4.79 Å². The quantitative estimate of drug-likeness (QED) is 0.245. The van der Waals surface area contributed by atoms with Crippen LogP contribution >= 0.6 is 0 Å². The van der Waals surface area contributed by atoms with Gasteiger partial charge < -0.3 is 20.7 Å². The summed E-state index contributed by atoms with van der Waals surface area (Å²) in [5.74, 6) is -4.55. The molecule has 7 nitrogen and oxygen atoms in total. The number of aliphatic hydroxyl groups is 1. The Labute approximate surface area is 66.7 Å². The van der Waals surface area contributed by atoms with E-state index in [1.54, 1.807) is 0 Å². The third-order valence-corrected chi connectivity index (χ3v) is 0.845. The van der Waals surface area contributed by atoms with Crippen molar-refractivity contribution >= 4 is 17.7 Å². The molecule has 0 aromatic carbocycles. The van der Waals surface area contributed by atoms with Gasteiger partial charge in [0, 0.05) is 0 Å². The summed E-state index contributed by atoms with van der Waals surface area (Å²) < 4.78 is 3.88. The first-order valence-corrected chi connectivity index (χ1v) is 2.83. The molecule has 0 bridgehead atoms. The van der Waals surface area contributed by atoms with E-state index in [0.717, 1.165) is 0 Å². The molecule has 0 aliphatic carbocycles. The second kappa shape index (κ2) is 4.42. The highest BCUT2D eigenvalue weighted by atomic mass is 16.6. The number of carbonyl (C=O) groups excluding carboxylic acids is 2. The van der Waals surface area contributed by atoms with E-state index in [1.807, 2.05) is 0 Å². The number of Topliss-reactive ketones (excluding diaryl/α,β-unsaturated/α-hetero) is 1. The van der Waals surface area contributed by atoms with Gasteiger partial charge in [0.2, 0.25) is 0 Å². The zero-order valence-corrected chi connectivity index (χ0v) is 5.89. The largest absolute Gasteiger partial charge is 0.475 e. The molecule has 0 radical (unpaired) electrons. The minimum absolute atomic E-state index is 0.538. The lowest BCUT2D eigenvalue weighted by Gasteiger charge is -2.06. The molecule has 12 heavy (non-hydrogen) atoms. The van der Waals surface area contributed by atoms with Crippen molar-refractivity contribution in [1.29, 1.82) is 0 Å². The van der Waals surface area contributed by atoms with Crippen LogP contribution in [0.15, 0.2) is 0 Å². The fraction of sp³-hybridized carbons (Fsp3) is 0.400. The molecular formula is C5H7NO6. The molecular weight excluding hydrogens is 170 g/mol. The van der Waals surface area contributed by atoms with Gasteiger partial charge in [-0.15, -0.1) is 0 Å². The lowest BCUT2D eigenvalue weighted by atomic mass is 10.4. The summed E-state index contributed by atoms with van der Waals surface area (Å²) in [5, 5.41) is 16.6. The fourth-order valence-electron chi connectivity index (χ4n) is 0.332. The maximum atomic E-state index is 10.3. The molecule has 0 amide bonds. The number of esters is 1. The number of hydrogen-bond acceptors (Lipinski definition) is 6. The minimum Gasteiger partial charge on any atom is -0.475 e. The Morgan fingerprint density at radius 1 is 1.42 bits per heavy atom. The van der Waals surface area contributed by atoms with Crippen LogP contribution in [0.4, 0.5) is 0 Å². The zero-order valence-electron chi connectivity index (χ0n) is 5.89. The predicted molar refractivity (Wildman–Crippen MR) is 33.8 cm³/mol. The first kappa shape index (κ1) is 10.5. The van der Waals surface area contributed by atoms with Gasteiger partial charge in [0.25, 0.3) is 6.29 Å². The van der Waals surface area contributed by atoms with Gasteiger partial charge >= 0.3 is 17.7 Å². The third kappa shape index (κ3) is 3.08. The van der Waals surface area contributed by atoms with Crippen LogP contribution in [0.1, 0.15) is 0 Å².